The quantitative estimate of drug-likeness (QED) is 0.517. The maximum atomic E-state index is 12.3. The van der Waals surface area contributed by atoms with E-state index in [1.807, 2.05) is 6.92 Å². The first-order chi connectivity index (χ1) is 12.8. The SMILES string of the molecule is CCOC(=O)c1cc(CC)sc1NC(=O)COc1ccc(Cl)cc1C(C)=O. The first kappa shape index (κ1) is 20.9. The van der Waals surface area contributed by atoms with Gasteiger partial charge < -0.3 is 14.8 Å². The third-order valence-corrected chi connectivity index (χ3v) is 4.99. The average molecular weight is 410 g/mol. The molecular weight excluding hydrogens is 390 g/mol. The van der Waals surface area contributed by atoms with E-state index in [1.165, 1.54) is 30.4 Å². The van der Waals surface area contributed by atoms with Gasteiger partial charge in [0.1, 0.15) is 10.8 Å². The van der Waals surface area contributed by atoms with Crippen LogP contribution >= 0.6 is 22.9 Å². The summed E-state index contributed by atoms with van der Waals surface area (Å²) in [5.74, 6) is -0.882. The van der Waals surface area contributed by atoms with Crippen molar-refractivity contribution in [3.05, 3.63) is 45.3 Å². The Morgan fingerprint density at radius 2 is 1.89 bits per heavy atom. The summed E-state index contributed by atoms with van der Waals surface area (Å²) in [6, 6.07) is 6.32. The Morgan fingerprint density at radius 1 is 1.15 bits per heavy atom. The number of esters is 1. The molecule has 1 aromatic carbocycles. The highest BCUT2D eigenvalue weighted by Gasteiger charge is 2.19. The van der Waals surface area contributed by atoms with E-state index in [1.54, 1.807) is 19.1 Å². The van der Waals surface area contributed by atoms with Crippen molar-refractivity contribution in [1.29, 1.82) is 0 Å². The summed E-state index contributed by atoms with van der Waals surface area (Å²) < 4.78 is 10.5. The molecule has 0 fully saturated rings. The minimum atomic E-state index is -0.485. The maximum absolute atomic E-state index is 12.3. The van der Waals surface area contributed by atoms with Crippen LogP contribution in [0.2, 0.25) is 5.02 Å². The number of rotatable bonds is 8. The van der Waals surface area contributed by atoms with Gasteiger partial charge in [0.25, 0.3) is 5.91 Å². The predicted molar refractivity (Wildman–Crippen MR) is 105 cm³/mol. The van der Waals surface area contributed by atoms with E-state index < -0.39 is 11.9 Å². The smallest absolute Gasteiger partial charge is 0.341 e. The van der Waals surface area contributed by atoms with Crippen molar-refractivity contribution in [2.24, 2.45) is 0 Å². The number of thiophene rings is 1. The highest BCUT2D eigenvalue weighted by molar-refractivity contribution is 7.16. The fourth-order valence-corrected chi connectivity index (χ4v) is 3.45. The third kappa shape index (κ3) is 5.55. The van der Waals surface area contributed by atoms with Gasteiger partial charge in [-0.2, -0.15) is 0 Å². The van der Waals surface area contributed by atoms with Crippen molar-refractivity contribution in [3.63, 3.8) is 0 Å². The molecular formula is C19H20ClNO5S. The van der Waals surface area contributed by atoms with E-state index in [-0.39, 0.29) is 24.7 Å². The Morgan fingerprint density at radius 3 is 2.52 bits per heavy atom. The second-order valence-electron chi connectivity index (χ2n) is 5.56. The summed E-state index contributed by atoms with van der Waals surface area (Å²) in [6.07, 6.45) is 0.732. The summed E-state index contributed by atoms with van der Waals surface area (Å²) in [5, 5.41) is 3.50. The molecule has 1 aromatic heterocycles. The number of Topliss-reactive ketones (excluding diaryl/α,β-unsaturated/α-hetero) is 1. The number of carbonyl (C=O) groups excluding carboxylic acids is 3. The zero-order valence-electron chi connectivity index (χ0n) is 15.3. The minimum absolute atomic E-state index is 0.219. The Hall–Kier alpha value is -2.38. The van der Waals surface area contributed by atoms with E-state index in [2.05, 4.69) is 5.32 Å². The van der Waals surface area contributed by atoms with Gasteiger partial charge in [-0.05, 0) is 44.5 Å². The number of hydrogen-bond donors (Lipinski definition) is 1. The molecule has 0 saturated carbocycles. The molecule has 1 N–H and O–H groups in total. The van der Waals surface area contributed by atoms with Crippen LogP contribution in [-0.4, -0.2) is 30.9 Å². The number of ether oxygens (including phenoxy) is 2. The molecule has 0 aliphatic rings. The van der Waals surface area contributed by atoms with Crippen LogP contribution in [0.15, 0.2) is 24.3 Å². The molecule has 144 valence electrons. The minimum Gasteiger partial charge on any atom is -0.483 e. The van der Waals surface area contributed by atoms with Crippen molar-refractivity contribution < 1.29 is 23.9 Å². The lowest BCUT2D eigenvalue weighted by Gasteiger charge is -2.10. The van der Waals surface area contributed by atoms with Gasteiger partial charge in [0.2, 0.25) is 0 Å². The van der Waals surface area contributed by atoms with Gasteiger partial charge in [0, 0.05) is 9.90 Å². The fraction of sp³-hybridized carbons (Fsp3) is 0.316. The van der Waals surface area contributed by atoms with Crippen molar-refractivity contribution >= 4 is 45.6 Å². The molecule has 0 aliphatic heterocycles. The van der Waals surface area contributed by atoms with E-state index in [0.29, 0.717) is 21.2 Å². The zero-order valence-corrected chi connectivity index (χ0v) is 16.8. The predicted octanol–water partition coefficient (Wildman–Crippen LogP) is 4.36. The van der Waals surface area contributed by atoms with Gasteiger partial charge >= 0.3 is 5.97 Å². The molecule has 6 nitrogen and oxygen atoms in total. The molecule has 1 amide bonds. The number of aryl methyl sites for hydroxylation is 1. The van der Waals surface area contributed by atoms with E-state index in [4.69, 9.17) is 21.1 Å². The second-order valence-corrected chi connectivity index (χ2v) is 7.14. The largest absolute Gasteiger partial charge is 0.483 e. The highest BCUT2D eigenvalue weighted by atomic mass is 35.5. The van der Waals surface area contributed by atoms with Gasteiger partial charge in [-0.15, -0.1) is 11.3 Å². The fourth-order valence-electron chi connectivity index (χ4n) is 2.28. The molecule has 2 aromatic rings. The molecule has 0 aliphatic carbocycles. The molecule has 27 heavy (non-hydrogen) atoms. The number of amides is 1. The molecule has 1 heterocycles. The molecule has 0 unspecified atom stereocenters. The lowest BCUT2D eigenvalue weighted by atomic mass is 10.1. The van der Waals surface area contributed by atoms with Crippen molar-refractivity contribution in [3.8, 4) is 5.75 Å². The highest BCUT2D eigenvalue weighted by Crippen LogP contribution is 2.29. The van der Waals surface area contributed by atoms with Crippen molar-refractivity contribution in [2.45, 2.75) is 27.2 Å². The number of ketones is 1. The number of halogens is 1. The summed E-state index contributed by atoms with van der Waals surface area (Å²) in [5.41, 5.74) is 0.620. The van der Waals surface area contributed by atoms with Gasteiger partial charge in [0.05, 0.1) is 17.7 Å². The van der Waals surface area contributed by atoms with Crippen LogP contribution in [0.25, 0.3) is 0 Å². The van der Waals surface area contributed by atoms with Gasteiger partial charge in [-0.1, -0.05) is 18.5 Å². The van der Waals surface area contributed by atoms with E-state index >= 15 is 0 Å². The number of nitrogens with one attached hydrogen (secondary N) is 1. The van der Waals surface area contributed by atoms with Crippen LogP contribution in [0, 0.1) is 0 Å². The Kier molecular flexibility index (Phi) is 7.38. The third-order valence-electron chi connectivity index (χ3n) is 3.56. The van der Waals surface area contributed by atoms with Crippen LogP contribution in [-0.2, 0) is 16.0 Å². The number of anilines is 1. The van der Waals surface area contributed by atoms with Gasteiger partial charge in [0.15, 0.2) is 12.4 Å². The van der Waals surface area contributed by atoms with Gasteiger partial charge in [-0.25, -0.2) is 4.79 Å². The lowest BCUT2D eigenvalue weighted by Crippen LogP contribution is -2.21. The molecule has 0 atom stereocenters. The van der Waals surface area contributed by atoms with Crippen molar-refractivity contribution in [2.75, 3.05) is 18.5 Å². The first-order valence-corrected chi connectivity index (χ1v) is 9.58. The lowest BCUT2D eigenvalue weighted by molar-refractivity contribution is -0.118. The van der Waals surface area contributed by atoms with Crippen LogP contribution < -0.4 is 10.1 Å². The molecule has 0 bridgehead atoms. The van der Waals surface area contributed by atoms with Crippen LogP contribution in [0.5, 0.6) is 5.75 Å². The first-order valence-electron chi connectivity index (χ1n) is 8.38. The number of carbonyl (C=O) groups is 3. The van der Waals surface area contributed by atoms with Crippen LogP contribution in [0.3, 0.4) is 0 Å². The number of hydrogen-bond acceptors (Lipinski definition) is 6. The van der Waals surface area contributed by atoms with Crippen molar-refractivity contribution in [1.82, 2.24) is 0 Å². The Balaban J connectivity index is 2.10. The molecule has 0 saturated heterocycles. The Bertz CT molecular complexity index is 862. The topological polar surface area (TPSA) is 81.7 Å². The normalized spacial score (nSPS) is 10.4. The Labute approximate surface area is 166 Å². The maximum Gasteiger partial charge on any atom is 0.341 e. The van der Waals surface area contributed by atoms with E-state index in [0.717, 1.165) is 11.3 Å². The monoisotopic (exact) mass is 409 g/mol. The van der Waals surface area contributed by atoms with Crippen LogP contribution in [0.1, 0.15) is 46.4 Å². The number of benzene rings is 1. The summed E-state index contributed by atoms with van der Waals surface area (Å²) in [6.45, 7) is 5.00. The van der Waals surface area contributed by atoms with E-state index in [9.17, 15) is 14.4 Å². The standard InChI is InChI=1S/C19H20ClNO5S/c1-4-13-9-15(19(24)25-5-2)18(27-13)21-17(23)10-26-16-7-6-12(20)8-14(16)11(3)22/h6-9H,4-5,10H2,1-3H3,(H,21,23). The average Bonchev–Trinajstić information content (AvgIpc) is 3.03. The molecule has 8 heteroatoms. The summed E-state index contributed by atoms with van der Waals surface area (Å²) in [4.78, 5) is 37.0. The zero-order chi connectivity index (χ0) is 20.0. The molecule has 2 rings (SSSR count). The molecule has 0 radical (unpaired) electrons. The summed E-state index contributed by atoms with van der Waals surface area (Å²) in [7, 11) is 0. The summed E-state index contributed by atoms with van der Waals surface area (Å²) >= 11 is 7.20. The van der Waals surface area contributed by atoms with Crippen LogP contribution in [0.4, 0.5) is 5.00 Å². The second kappa shape index (κ2) is 9.53. The molecule has 0 spiro atoms. The van der Waals surface area contributed by atoms with Gasteiger partial charge in [-0.3, -0.25) is 9.59 Å².